The van der Waals surface area contributed by atoms with Crippen LogP contribution in [0, 0.1) is 11.3 Å². The fraction of sp³-hybridized carbons (Fsp3) is 0.500. The van der Waals surface area contributed by atoms with E-state index in [0.717, 1.165) is 43.0 Å². The molecule has 1 aliphatic carbocycles. The van der Waals surface area contributed by atoms with Gasteiger partial charge in [0.25, 0.3) is 5.91 Å². The van der Waals surface area contributed by atoms with Crippen molar-refractivity contribution in [3.05, 3.63) is 16.0 Å². The molecule has 0 saturated heterocycles. The molecule has 3 rings (SSSR count). The van der Waals surface area contributed by atoms with Crippen molar-refractivity contribution in [2.45, 2.75) is 50.2 Å². The molecule has 0 unspecified atom stereocenters. The first-order chi connectivity index (χ1) is 11.6. The van der Waals surface area contributed by atoms with E-state index < -0.39 is 5.25 Å². The molecule has 126 valence electrons. The maximum absolute atomic E-state index is 12.3. The summed E-state index contributed by atoms with van der Waals surface area (Å²) in [6.45, 7) is 0. The number of carbonyl (C=O) groups excluding carboxylic acids is 2. The quantitative estimate of drug-likeness (QED) is 0.859. The van der Waals surface area contributed by atoms with Gasteiger partial charge in [-0.1, -0.05) is 24.6 Å². The lowest BCUT2D eigenvalue weighted by atomic mass is 9.97. The van der Waals surface area contributed by atoms with Crippen molar-refractivity contribution < 1.29 is 9.59 Å². The molecule has 0 spiro atoms. The molecular formula is C16H18N4O2S2. The van der Waals surface area contributed by atoms with Gasteiger partial charge >= 0.3 is 0 Å². The number of nitrogens with one attached hydrogen (secondary N) is 1. The predicted octanol–water partition coefficient (Wildman–Crippen LogP) is 2.56. The first kappa shape index (κ1) is 17.0. The fourth-order valence-corrected chi connectivity index (χ4v) is 5.08. The van der Waals surface area contributed by atoms with Crippen LogP contribution in [0.4, 0.5) is 5.00 Å². The Balaban J connectivity index is 1.73. The number of aliphatic imine (C=N–C) groups is 1. The average molecular weight is 362 g/mol. The van der Waals surface area contributed by atoms with Gasteiger partial charge in [0.1, 0.15) is 16.3 Å². The number of aryl methyl sites for hydroxylation is 1. The first-order valence-corrected chi connectivity index (χ1v) is 9.67. The van der Waals surface area contributed by atoms with Crippen molar-refractivity contribution >= 4 is 45.1 Å². The van der Waals surface area contributed by atoms with Crippen LogP contribution in [0.15, 0.2) is 4.99 Å². The molecule has 0 aromatic carbocycles. The van der Waals surface area contributed by atoms with Gasteiger partial charge in [-0.3, -0.25) is 9.59 Å². The summed E-state index contributed by atoms with van der Waals surface area (Å²) in [6, 6.07) is 2.25. The molecule has 1 aromatic heterocycles. The molecule has 0 bridgehead atoms. The molecule has 1 aliphatic heterocycles. The molecule has 3 N–H and O–H groups in total. The second-order valence-electron chi connectivity index (χ2n) is 5.88. The Morgan fingerprint density at radius 3 is 2.75 bits per heavy atom. The summed E-state index contributed by atoms with van der Waals surface area (Å²) in [5.74, 6) is -0.650. The van der Waals surface area contributed by atoms with E-state index in [4.69, 9.17) is 5.73 Å². The van der Waals surface area contributed by atoms with Crippen molar-refractivity contribution in [3.63, 3.8) is 0 Å². The number of carbonyl (C=O) groups is 2. The Labute approximate surface area is 148 Å². The van der Waals surface area contributed by atoms with Gasteiger partial charge in [0.15, 0.2) is 5.17 Å². The van der Waals surface area contributed by atoms with Crippen molar-refractivity contribution in [2.75, 3.05) is 5.32 Å². The minimum atomic E-state index is -0.559. The maximum atomic E-state index is 12.3. The second kappa shape index (κ2) is 7.36. The molecule has 2 amide bonds. The Morgan fingerprint density at radius 1 is 1.33 bits per heavy atom. The second-order valence-corrected chi connectivity index (χ2v) is 8.21. The number of anilines is 1. The molecule has 2 aliphatic rings. The lowest BCUT2D eigenvalue weighted by Crippen LogP contribution is -2.21. The predicted molar refractivity (Wildman–Crippen MR) is 96.2 cm³/mol. The smallest absolute Gasteiger partial charge is 0.262 e. The lowest BCUT2D eigenvalue weighted by molar-refractivity contribution is -0.121. The summed E-state index contributed by atoms with van der Waals surface area (Å²) < 4.78 is 0. The van der Waals surface area contributed by atoms with Gasteiger partial charge in [0.2, 0.25) is 5.91 Å². The minimum Gasteiger partial charge on any atom is -0.378 e. The fourth-order valence-electron chi connectivity index (χ4n) is 3.00. The third-order valence-electron chi connectivity index (χ3n) is 4.17. The van der Waals surface area contributed by atoms with Gasteiger partial charge < -0.3 is 11.1 Å². The number of rotatable bonds is 3. The van der Waals surface area contributed by atoms with Gasteiger partial charge in [0.05, 0.1) is 5.56 Å². The van der Waals surface area contributed by atoms with E-state index in [1.807, 2.05) is 0 Å². The van der Waals surface area contributed by atoms with E-state index >= 15 is 0 Å². The van der Waals surface area contributed by atoms with Gasteiger partial charge in [-0.2, -0.15) is 10.3 Å². The zero-order valence-electron chi connectivity index (χ0n) is 13.1. The monoisotopic (exact) mass is 362 g/mol. The summed E-state index contributed by atoms with van der Waals surface area (Å²) >= 11 is 2.61. The van der Waals surface area contributed by atoms with Crippen molar-refractivity contribution in [3.8, 4) is 6.07 Å². The summed E-state index contributed by atoms with van der Waals surface area (Å²) in [4.78, 5) is 28.7. The Bertz CT molecular complexity index is 748. The first-order valence-electron chi connectivity index (χ1n) is 7.97. The molecule has 8 heteroatoms. The van der Waals surface area contributed by atoms with Crippen LogP contribution < -0.4 is 11.1 Å². The van der Waals surface area contributed by atoms with Crippen LogP contribution >= 0.6 is 23.1 Å². The Hall–Kier alpha value is -1.85. The van der Waals surface area contributed by atoms with Crippen LogP contribution in [0.25, 0.3) is 0 Å². The van der Waals surface area contributed by atoms with Gasteiger partial charge in [-0.15, -0.1) is 11.3 Å². The van der Waals surface area contributed by atoms with Crippen LogP contribution in [0.3, 0.4) is 0 Å². The molecule has 1 atom stereocenters. The van der Waals surface area contributed by atoms with E-state index in [9.17, 15) is 14.9 Å². The topological polar surface area (TPSA) is 108 Å². The third kappa shape index (κ3) is 3.62. The van der Waals surface area contributed by atoms with Crippen molar-refractivity contribution in [2.24, 2.45) is 10.7 Å². The number of hydrogen-bond donors (Lipinski definition) is 2. The van der Waals surface area contributed by atoms with Gasteiger partial charge in [0, 0.05) is 11.3 Å². The highest BCUT2D eigenvalue weighted by molar-refractivity contribution is 8.15. The average Bonchev–Trinajstić information content (AvgIpc) is 2.98. The summed E-state index contributed by atoms with van der Waals surface area (Å²) in [6.07, 6.45) is 6.47. The van der Waals surface area contributed by atoms with E-state index in [-0.39, 0.29) is 23.4 Å². The molecule has 2 heterocycles. The largest absolute Gasteiger partial charge is 0.378 e. The number of nitrogens with two attached hydrogens (primary N) is 1. The number of amides is 2. The summed E-state index contributed by atoms with van der Waals surface area (Å²) in [7, 11) is 0. The molecule has 0 radical (unpaired) electrons. The van der Waals surface area contributed by atoms with Crippen LogP contribution in [0.5, 0.6) is 0 Å². The molecule has 1 aromatic rings. The van der Waals surface area contributed by atoms with Crippen LogP contribution in [0.2, 0.25) is 0 Å². The van der Waals surface area contributed by atoms with Gasteiger partial charge in [-0.25, -0.2) is 0 Å². The highest BCUT2D eigenvalue weighted by Gasteiger charge is 2.30. The van der Waals surface area contributed by atoms with E-state index in [0.29, 0.717) is 10.6 Å². The lowest BCUT2D eigenvalue weighted by Gasteiger charge is -2.09. The number of thiophene rings is 1. The van der Waals surface area contributed by atoms with E-state index in [1.54, 1.807) is 0 Å². The zero-order valence-corrected chi connectivity index (χ0v) is 14.8. The van der Waals surface area contributed by atoms with Crippen LogP contribution in [0.1, 0.15) is 48.1 Å². The Morgan fingerprint density at radius 2 is 2.08 bits per heavy atom. The highest BCUT2D eigenvalue weighted by Crippen LogP contribution is 2.36. The maximum Gasteiger partial charge on any atom is 0.262 e. The standard InChI is InChI=1S/C16H18N4O2S2/c17-8-10-9-5-3-1-2-4-6-11(9)23-15(10)19-13(21)7-12-14(22)20-16(18)24-12/h12H,1-7H2,(H,19,21)(H2,18,20,22)/t12-/m0/s1. The van der Waals surface area contributed by atoms with E-state index in [2.05, 4.69) is 16.4 Å². The number of fused-ring (bicyclic) bond motifs is 1. The molecule has 24 heavy (non-hydrogen) atoms. The number of nitrogens with zero attached hydrogens (tertiary/aromatic N) is 2. The van der Waals surface area contributed by atoms with Crippen LogP contribution in [-0.4, -0.2) is 22.2 Å². The molecule has 6 nitrogen and oxygen atoms in total. The van der Waals surface area contributed by atoms with Crippen molar-refractivity contribution in [1.29, 1.82) is 5.26 Å². The number of hydrogen-bond acceptors (Lipinski definition) is 6. The Kier molecular flexibility index (Phi) is 5.21. The van der Waals surface area contributed by atoms with Crippen LogP contribution in [-0.2, 0) is 22.4 Å². The minimum absolute atomic E-state index is 0.0150. The number of nitriles is 1. The molecular weight excluding hydrogens is 344 g/mol. The SMILES string of the molecule is N#Cc1c(NC(=O)C[C@@H]2SC(N)=NC2=O)sc2c1CCCCCC2. The zero-order chi connectivity index (χ0) is 17.1. The van der Waals surface area contributed by atoms with Crippen molar-refractivity contribution in [1.82, 2.24) is 0 Å². The normalized spacial score (nSPS) is 20.5. The molecule has 0 saturated carbocycles. The summed E-state index contributed by atoms with van der Waals surface area (Å²) in [5, 5.41) is 12.6. The highest BCUT2D eigenvalue weighted by atomic mass is 32.2. The molecule has 0 fully saturated rings. The number of thioether (sulfide) groups is 1. The van der Waals surface area contributed by atoms with Gasteiger partial charge in [-0.05, 0) is 31.2 Å². The van der Waals surface area contributed by atoms with E-state index in [1.165, 1.54) is 29.1 Å². The number of amidine groups is 1. The summed E-state index contributed by atoms with van der Waals surface area (Å²) in [5.41, 5.74) is 7.19. The third-order valence-corrected chi connectivity index (χ3v) is 6.36.